The van der Waals surface area contributed by atoms with Crippen LogP contribution in [0.2, 0.25) is 0 Å². The van der Waals surface area contributed by atoms with Gasteiger partial charge in [0.25, 0.3) is 5.91 Å². The number of thiazole rings is 1. The maximum atomic E-state index is 12.1. The van der Waals surface area contributed by atoms with Crippen molar-refractivity contribution in [2.75, 3.05) is 12.4 Å². The zero-order valence-electron chi connectivity index (χ0n) is 13.5. The number of aromatic nitrogens is 3. The molecule has 0 spiro atoms. The van der Waals surface area contributed by atoms with E-state index in [0.29, 0.717) is 22.3 Å². The Hall–Kier alpha value is -3.13. The van der Waals surface area contributed by atoms with Gasteiger partial charge in [-0.2, -0.15) is 5.10 Å². The van der Waals surface area contributed by atoms with Crippen LogP contribution in [0.25, 0.3) is 22.4 Å². The Bertz CT molecular complexity index is 1060. The highest BCUT2D eigenvalue weighted by Gasteiger charge is 2.14. The minimum Gasteiger partial charge on any atom is -0.497 e. The third kappa shape index (κ3) is 2.99. The van der Waals surface area contributed by atoms with Gasteiger partial charge in [0.1, 0.15) is 17.0 Å². The summed E-state index contributed by atoms with van der Waals surface area (Å²) in [6, 6.07) is 9.19. The zero-order valence-corrected chi connectivity index (χ0v) is 14.3. The number of methoxy groups -OCH3 is 1. The van der Waals surface area contributed by atoms with Gasteiger partial charge in [-0.1, -0.05) is 0 Å². The van der Waals surface area contributed by atoms with Crippen molar-refractivity contribution in [1.29, 1.82) is 0 Å². The number of amides is 1. The third-order valence-electron chi connectivity index (χ3n) is 3.65. The molecule has 0 aliphatic carbocycles. The fraction of sp³-hybridized carbons (Fsp3) is 0.118. The highest BCUT2D eigenvalue weighted by atomic mass is 32.1. The lowest BCUT2D eigenvalue weighted by Gasteiger charge is -1.97. The van der Waals surface area contributed by atoms with Crippen LogP contribution in [0.1, 0.15) is 10.5 Å². The molecule has 7 nitrogen and oxygen atoms in total. The summed E-state index contributed by atoms with van der Waals surface area (Å²) in [5, 5.41) is 10.1. The highest BCUT2D eigenvalue weighted by molar-refractivity contribution is 7.14. The molecular weight excluding hydrogens is 340 g/mol. The van der Waals surface area contributed by atoms with Crippen LogP contribution < -0.4 is 10.1 Å². The SMILES string of the molecule is COc1ccc2cc(-c3csc(NC(=O)c4ccn(C)n4)n3)oc2c1. The highest BCUT2D eigenvalue weighted by Crippen LogP contribution is 2.32. The largest absolute Gasteiger partial charge is 0.497 e. The van der Waals surface area contributed by atoms with Gasteiger partial charge in [-0.3, -0.25) is 14.8 Å². The molecule has 8 heteroatoms. The lowest BCUT2D eigenvalue weighted by atomic mass is 10.2. The molecule has 0 radical (unpaired) electrons. The summed E-state index contributed by atoms with van der Waals surface area (Å²) < 4.78 is 12.6. The molecule has 1 amide bonds. The monoisotopic (exact) mass is 354 g/mol. The summed E-state index contributed by atoms with van der Waals surface area (Å²) in [7, 11) is 3.37. The maximum absolute atomic E-state index is 12.1. The number of hydrogen-bond donors (Lipinski definition) is 1. The first-order valence-electron chi connectivity index (χ1n) is 7.47. The normalized spacial score (nSPS) is 11.0. The Morgan fingerprint density at radius 1 is 1.32 bits per heavy atom. The standard InChI is InChI=1S/C17H14N4O3S/c1-21-6-5-12(20-21)16(22)19-17-18-13(9-25-17)15-7-10-3-4-11(23-2)8-14(10)24-15/h3-9H,1-2H3,(H,18,19,22). The number of rotatable bonds is 4. The van der Waals surface area contributed by atoms with E-state index in [1.807, 2.05) is 29.6 Å². The minimum atomic E-state index is -0.296. The Kier molecular flexibility index (Phi) is 3.73. The van der Waals surface area contributed by atoms with Crippen LogP contribution in [0.3, 0.4) is 0 Å². The van der Waals surface area contributed by atoms with Crippen molar-refractivity contribution in [3.63, 3.8) is 0 Å². The number of furan rings is 1. The molecule has 0 fully saturated rings. The molecule has 1 N–H and O–H groups in total. The van der Waals surface area contributed by atoms with Gasteiger partial charge >= 0.3 is 0 Å². The molecular formula is C17H14N4O3S. The zero-order chi connectivity index (χ0) is 17.4. The van der Waals surface area contributed by atoms with Gasteiger partial charge in [-0.15, -0.1) is 11.3 Å². The van der Waals surface area contributed by atoms with E-state index < -0.39 is 0 Å². The van der Waals surface area contributed by atoms with Crippen molar-refractivity contribution in [2.45, 2.75) is 0 Å². The van der Waals surface area contributed by atoms with Gasteiger partial charge in [-0.05, 0) is 24.3 Å². The van der Waals surface area contributed by atoms with Crippen molar-refractivity contribution in [3.8, 4) is 17.2 Å². The molecule has 4 aromatic rings. The minimum absolute atomic E-state index is 0.296. The van der Waals surface area contributed by atoms with Crippen LogP contribution >= 0.6 is 11.3 Å². The maximum Gasteiger partial charge on any atom is 0.277 e. The molecule has 3 heterocycles. The fourth-order valence-corrected chi connectivity index (χ4v) is 3.10. The Labute approximate surface area is 146 Å². The summed E-state index contributed by atoms with van der Waals surface area (Å²) in [4.78, 5) is 16.5. The van der Waals surface area contributed by atoms with E-state index in [-0.39, 0.29) is 5.91 Å². The van der Waals surface area contributed by atoms with E-state index in [1.54, 1.807) is 31.1 Å². The average Bonchev–Trinajstić information content (AvgIpc) is 3.32. The molecule has 0 bridgehead atoms. The molecule has 3 aromatic heterocycles. The lowest BCUT2D eigenvalue weighted by molar-refractivity contribution is 0.102. The molecule has 0 unspecified atom stereocenters. The van der Waals surface area contributed by atoms with Crippen LogP contribution in [0.15, 0.2) is 46.3 Å². The number of nitrogens with one attached hydrogen (secondary N) is 1. The predicted octanol–water partition coefficient (Wildman–Crippen LogP) is 3.55. The van der Waals surface area contributed by atoms with E-state index >= 15 is 0 Å². The van der Waals surface area contributed by atoms with E-state index in [2.05, 4.69) is 15.4 Å². The first kappa shape index (κ1) is 15.4. The molecule has 25 heavy (non-hydrogen) atoms. The van der Waals surface area contributed by atoms with Gasteiger partial charge in [0.05, 0.1) is 7.11 Å². The summed E-state index contributed by atoms with van der Waals surface area (Å²) in [5.74, 6) is 1.07. The molecule has 0 aliphatic rings. The Morgan fingerprint density at radius 3 is 2.96 bits per heavy atom. The van der Waals surface area contributed by atoms with E-state index in [1.165, 1.54) is 11.3 Å². The van der Waals surface area contributed by atoms with E-state index in [0.717, 1.165) is 16.7 Å². The van der Waals surface area contributed by atoms with Gasteiger partial charge < -0.3 is 9.15 Å². The molecule has 0 saturated carbocycles. The second-order valence-corrected chi connectivity index (χ2v) is 6.24. The first-order valence-corrected chi connectivity index (χ1v) is 8.35. The third-order valence-corrected chi connectivity index (χ3v) is 4.41. The number of carbonyl (C=O) groups is 1. The van der Waals surface area contributed by atoms with Gasteiger partial charge in [-0.25, -0.2) is 4.98 Å². The number of anilines is 1. The lowest BCUT2D eigenvalue weighted by Crippen LogP contribution is -2.12. The second kappa shape index (κ2) is 6.06. The Balaban J connectivity index is 1.57. The van der Waals surface area contributed by atoms with Crippen molar-refractivity contribution < 1.29 is 13.9 Å². The predicted molar refractivity (Wildman–Crippen MR) is 95.0 cm³/mol. The smallest absolute Gasteiger partial charge is 0.277 e. The summed E-state index contributed by atoms with van der Waals surface area (Å²) in [6.07, 6.45) is 1.71. The topological polar surface area (TPSA) is 82.2 Å². The number of benzene rings is 1. The van der Waals surface area contributed by atoms with Gasteiger partial charge in [0, 0.05) is 30.1 Å². The van der Waals surface area contributed by atoms with Crippen molar-refractivity contribution in [2.24, 2.45) is 7.05 Å². The van der Waals surface area contributed by atoms with Crippen LogP contribution in [0.4, 0.5) is 5.13 Å². The van der Waals surface area contributed by atoms with Crippen molar-refractivity contribution in [1.82, 2.24) is 14.8 Å². The fourth-order valence-electron chi connectivity index (χ4n) is 2.41. The number of hydrogen-bond acceptors (Lipinski definition) is 6. The molecule has 126 valence electrons. The van der Waals surface area contributed by atoms with Crippen LogP contribution in [0, 0.1) is 0 Å². The molecule has 0 atom stereocenters. The van der Waals surface area contributed by atoms with E-state index in [4.69, 9.17) is 9.15 Å². The molecule has 0 aliphatic heterocycles. The molecule has 1 aromatic carbocycles. The van der Waals surface area contributed by atoms with Crippen LogP contribution in [0.5, 0.6) is 5.75 Å². The first-order chi connectivity index (χ1) is 12.1. The van der Waals surface area contributed by atoms with Crippen LogP contribution in [-0.4, -0.2) is 27.8 Å². The molecule has 4 rings (SSSR count). The van der Waals surface area contributed by atoms with Crippen LogP contribution in [-0.2, 0) is 7.05 Å². The quantitative estimate of drug-likeness (QED) is 0.606. The Morgan fingerprint density at radius 2 is 2.20 bits per heavy atom. The second-order valence-electron chi connectivity index (χ2n) is 5.38. The van der Waals surface area contributed by atoms with Crippen molar-refractivity contribution >= 4 is 33.3 Å². The number of aryl methyl sites for hydroxylation is 1. The number of ether oxygens (including phenoxy) is 1. The molecule has 0 saturated heterocycles. The number of fused-ring (bicyclic) bond motifs is 1. The summed E-state index contributed by atoms with van der Waals surface area (Å²) in [6.45, 7) is 0. The average molecular weight is 354 g/mol. The van der Waals surface area contributed by atoms with Crippen molar-refractivity contribution in [3.05, 3.63) is 47.6 Å². The van der Waals surface area contributed by atoms with Gasteiger partial charge in [0.2, 0.25) is 0 Å². The van der Waals surface area contributed by atoms with E-state index in [9.17, 15) is 4.79 Å². The number of carbonyl (C=O) groups excluding carboxylic acids is 1. The van der Waals surface area contributed by atoms with Gasteiger partial charge in [0.15, 0.2) is 16.6 Å². The summed E-state index contributed by atoms with van der Waals surface area (Å²) in [5.41, 5.74) is 1.73. The number of nitrogens with zero attached hydrogens (tertiary/aromatic N) is 3. The summed E-state index contributed by atoms with van der Waals surface area (Å²) >= 11 is 1.33.